The fourth-order valence-electron chi connectivity index (χ4n) is 5.62. The zero-order valence-corrected chi connectivity index (χ0v) is 23.7. The number of ether oxygens (including phenoxy) is 2. The van der Waals surface area contributed by atoms with Gasteiger partial charge < -0.3 is 19.5 Å². The molecular formula is C29H40N2O6S. The summed E-state index contributed by atoms with van der Waals surface area (Å²) in [6.45, 7) is 6.98. The van der Waals surface area contributed by atoms with Crippen LogP contribution < -0.4 is 4.74 Å². The summed E-state index contributed by atoms with van der Waals surface area (Å²) in [4.78, 5) is 14.9. The Kier molecular flexibility index (Phi) is 8.82. The zero-order chi connectivity index (χ0) is 27.5. The van der Waals surface area contributed by atoms with E-state index in [4.69, 9.17) is 9.47 Å². The molecule has 9 heteroatoms. The van der Waals surface area contributed by atoms with Gasteiger partial charge in [-0.15, -0.1) is 0 Å². The Hall–Kier alpha value is -2.46. The average molecular weight is 545 g/mol. The maximum atomic E-state index is 13.6. The Bertz CT molecular complexity index is 1240. The number of hydrogen-bond donors (Lipinski definition) is 1. The van der Waals surface area contributed by atoms with E-state index in [2.05, 4.69) is 0 Å². The Morgan fingerprint density at radius 2 is 1.76 bits per heavy atom. The smallest absolute Gasteiger partial charge is 0.248 e. The molecule has 1 atom stereocenters. The highest BCUT2D eigenvalue weighted by Gasteiger charge is 2.36. The highest BCUT2D eigenvalue weighted by Crippen LogP contribution is 2.33. The van der Waals surface area contributed by atoms with E-state index in [1.165, 1.54) is 4.31 Å². The fourth-order valence-corrected chi connectivity index (χ4v) is 7.62. The summed E-state index contributed by atoms with van der Waals surface area (Å²) in [6.07, 6.45) is 2.64. The number of likely N-dealkylation sites (tertiary alicyclic amines) is 1. The molecule has 0 radical (unpaired) electrons. The first-order valence-corrected chi connectivity index (χ1v) is 14.8. The van der Waals surface area contributed by atoms with Crippen molar-refractivity contribution in [1.29, 1.82) is 0 Å². The number of aliphatic hydroxyl groups is 1. The van der Waals surface area contributed by atoms with Crippen molar-refractivity contribution in [2.75, 3.05) is 39.9 Å². The molecule has 2 aromatic rings. The molecule has 2 aliphatic heterocycles. The van der Waals surface area contributed by atoms with Gasteiger partial charge in [-0.3, -0.25) is 4.79 Å². The molecule has 0 bridgehead atoms. The van der Waals surface area contributed by atoms with Crippen molar-refractivity contribution in [1.82, 2.24) is 9.21 Å². The molecule has 4 rings (SSSR count). The highest BCUT2D eigenvalue weighted by molar-refractivity contribution is 7.89. The second-order valence-corrected chi connectivity index (χ2v) is 12.6. The molecule has 0 saturated carbocycles. The number of methoxy groups -OCH3 is 1. The van der Waals surface area contributed by atoms with Crippen molar-refractivity contribution in [2.24, 2.45) is 0 Å². The van der Waals surface area contributed by atoms with Gasteiger partial charge in [-0.25, -0.2) is 8.42 Å². The molecule has 8 nitrogen and oxygen atoms in total. The maximum absolute atomic E-state index is 13.6. The molecule has 1 N–H and O–H groups in total. The van der Waals surface area contributed by atoms with Gasteiger partial charge in [0.2, 0.25) is 15.9 Å². The van der Waals surface area contributed by atoms with Crippen LogP contribution in [0.15, 0.2) is 41.3 Å². The van der Waals surface area contributed by atoms with Gasteiger partial charge in [0, 0.05) is 32.6 Å². The fraction of sp³-hybridized carbons (Fsp3) is 0.552. The van der Waals surface area contributed by atoms with Crippen molar-refractivity contribution in [3.8, 4) is 5.75 Å². The number of nitrogens with zero attached hydrogens (tertiary/aromatic N) is 2. The van der Waals surface area contributed by atoms with Crippen molar-refractivity contribution >= 4 is 15.9 Å². The Morgan fingerprint density at radius 3 is 2.42 bits per heavy atom. The van der Waals surface area contributed by atoms with Crippen LogP contribution in [0.2, 0.25) is 0 Å². The van der Waals surface area contributed by atoms with Gasteiger partial charge in [0.05, 0.1) is 23.7 Å². The first-order chi connectivity index (χ1) is 18.0. The van der Waals surface area contributed by atoms with Crippen LogP contribution in [0.1, 0.15) is 47.9 Å². The van der Waals surface area contributed by atoms with Crippen LogP contribution in [0.3, 0.4) is 0 Å². The molecule has 0 spiro atoms. The lowest BCUT2D eigenvalue weighted by Gasteiger charge is -2.38. The van der Waals surface area contributed by atoms with E-state index < -0.39 is 15.6 Å². The quantitative estimate of drug-likeness (QED) is 0.547. The van der Waals surface area contributed by atoms with Crippen LogP contribution in [0.25, 0.3) is 0 Å². The molecule has 2 aromatic carbocycles. The van der Waals surface area contributed by atoms with Gasteiger partial charge in [-0.05, 0) is 74.8 Å². The minimum Gasteiger partial charge on any atom is -0.496 e. The second kappa shape index (κ2) is 11.7. The number of piperidine rings is 2. The minimum atomic E-state index is -3.73. The van der Waals surface area contributed by atoms with Crippen LogP contribution in [-0.2, 0) is 26.0 Å². The number of carbonyl (C=O) groups excluding carboxylic acids is 1. The molecule has 208 valence electrons. The minimum absolute atomic E-state index is 0.0879. The number of amides is 1. The number of rotatable bonds is 8. The lowest BCUT2D eigenvalue weighted by molar-refractivity contribution is -0.143. The van der Waals surface area contributed by atoms with Crippen molar-refractivity contribution in [3.05, 3.63) is 58.7 Å². The summed E-state index contributed by atoms with van der Waals surface area (Å²) in [7, 11) is -2.15. The van der Waals surface area contributed by atoms with Gasteiger partial charge in [0.1, 0.15) is 12.4 Å². The summed E-state index contributed by atoms with van der Waals surface area (Å²) in [5, 5.41) is 11.0. The van der Waals surface area contributed by atoms with Crippen LogP contribution in [0.4, 0.5) is 0 Å². The predicted octanol–water partition coefficient (Wildman–Crippen LogP) is 3.39. The summed E-state index contributed by atoms with van der Waals surface area (Å²) in [5.41, 5.74) is 2.43. The first-order valence-electron chi connectivity index (χ1n) is 13.3. The Morgan fingerprint density at radius 1 is 1.08 bits per heavy atom. The molecule has 1 unspecified atom stereocenters. The van der Waals surface area contributed by atoms with Gasteiger partial charge in [-0.2, -0.15) is 4.31 Å². The van der Waals surface area contributed by atoms with Crippen LogP contribution in [0, 0.1) is 20.8 Å². The highest BCUT2D eigenvalue weighted by atomic mass is 32.2. The van der Waals surface area contributed by atoms with Crippen LogP contribution in [0.5, 0.6) is 5.75 Å². The second-order valence-electron chi connectivity index (χ2n) is 10.7. The molecule has 38 heavy (non-hydrogen) atoms. The molecule has 1 amide bonds. The summed E-state index contributed by atoms with van der Waals surface area (Å²) in [6, 6.07) is 11.7. The third-order valence-corrected chi connectivity index (χ3v) is 10.2. The van der Waals surface area contributed by atoms with Gasteiger partial charge in [-0.1, -0.05) is 30.3 Å². The monoisotopic (exact) mass is 544 g/mol. The number of aryl methyl sites for hydroxylation is 1. The Balaban J connectivity index is 1.32. The zero-order valence-electron chi connectivity index (χ0n) is 22.9. The third-order valence-electron chi connectivity index (χ3n) is 8.00. The maximum Gasteiger partial charge on any atom is 0.248 e. The molecule has 2 saturated heterocycles. The molecule has 2 fully saturated rings. The number of benzene rings is 2. The van der Waals surface area contributed by atoms with Crippen molar-refractivity contribution < 1.29 is 27.8 Å². The normalized spacial score (nSPS) is 20.3. The third kappa shape index (κ3) is 6.22. The first kappa shape index (κ1) is 28.5. The molecule has 2 aliphatic rings. The van der Waals surface area contributed by atoms with Gasteiger partial charge >= 0.3 is 0 Å². The van der Waals surface area contributed by atoms with E-state index in [0.29, 0.717) is 73.5 Å². The molecule has 2 heterocycles. The average Bonchev–Trinajstić information content (AvgIpc) is 2.90. The lowest BCUT2D eigenvalue weighted by atomic mass is 9.85. The summed E-state index contributed by atoms with van der Waals surface area (Å²) in [5.74, 6) is 0.553. The van der Waals surface area contributed by atoms with E-state index >= 15 is 0 Å². The predicted molar refractivity (Wildman–Crippen MR) is 146 cm³/mol. The lowest BCUT2D eigenvalue weighted by Crippen LogP contribution is -2.49. The molecular weight excluding hydrogens is 504 g/mol. The van der Waals surface area contributed by atoms with Crippen molar-refractivity contribution in [2.45, 2.75) is 69.5 Å². The van der Waals surface area contributed by atoms with E-state index in [9.17, 15) is 18.3 Å². The molecule has 0 aromatic heterocycles. The summed E-state index contributed by atoms with van der Waals surface area (Å²) >= 11 is 0. The van der Waals surface area contributed by atoms with Gasteiger partial charge in [0.15, 0.2) is 0 Å². The van der Waals surface area contributed by atoms with Crippen LogP contribution in [-0.4, -0.2) is 80.2 Å². The van der Waals surface area contributed by atoms with E-state index in [1.807, 2.05) is 44.2 Å². The molecule has 0 aliphatic carbocycles. The number of sulfonamides is 1. The summed E-state index contributed by atoms with van der Waals surface area (Å²) < 4.78 is 40.1. The standard InChI is InChI=1S/C29H40N2O6S/c1-21-17-26(36-4)22(2)23(3)28(21)38(34,35)31-14-8-11-25(19-31)37-20-27(32)30-15-12-29(33,13-16-30)18-24-9-6-5-7-10-24/h5-7,9-10,17,25,33H,8,11-16,18-20H2,1-4H3. The van der Waals surface area contributed by atoms with Gasteiger partial charge in [0.25, 0.3) is 0 Å². The number of carbonyl (C=O) groups is 1. The number of hydrogen-bond acceptors (Lipinski definition) is 6. The van der Waals surface area contributed by atoms with Crippen molar-refractivity contribution in [3.63, 3.8) is 0 Å². The van der Waals surface area contributed by atoms with E-state index in [1.54, 1.807) is 25.0 Å². The largest absolute Gasteiger partial charge is 0.496 e. The SMILES string of the molecule is COc1cc(C)c(S(=O)(=O)N2CCCC(OCC(=O)N3CCC(O)(Cc4ccccc4)CC3)C2)c(C)c1C. The topological polar surface area (TPSA) is 96.4 Å². The Labute approximate surface area is 226 Å². The van der Waals surface area contributed by atoms with E-state index in [-0.39, 0.29) is 25.2 Å². The van der Waals surface area contributed by atoms with E-state index in [0.717, 1.165) is 11.1 Å². The van der Waals surface area contributed by atoms with Crippen LogP contribution >= 0.6 is 0 Å².